The molecule has 1 fully saturated rings. The van der Waals surface area contributed by atoms with Crippen LogP contribution in [0.25, 0.3) is 11.0 Å². The number of morpholine rings is 1. The van der Waals surface area contributed by atoms with E-state index in [1.165, 1.54) is 10.9 Å². The van der Waals surface area contributed by atoms with Crippen LogP contribution < -0.4 is 5.32 Å². The monoisotopic (exact) mass is 288 g/mol. The van der Waals surface area contributed by atoms with Crippen LogP contribution in [0, 0.1) is 0 Å². The molecule has 2 heterocycles. The first-order chi connectivity index (χ1) is 10.2. The molecule has 1 saturated heterocycles. The third kappa shape index (κ3) is 3.28. The number of furan rings is 1. The number of hydrogen-bond acceptors (Lipinski definition) is 4. The average molecular weight is 288 g/mol. The van der Waals surface area contributed by atoms with Gasteiger partial charge in [0.25, 0.3) is 0 Å². The Hall–Kier alpha value is -1.36. The van der Waals surface area contributed by atoms with Gasteiger partial charge in [0.15, 0.2) is 0 Å². The van der Waals surface area contributed by atoms with Gasteiger partial charge in [-0.05, 0) is 19.9 Å². The number of nitrogens with one attached hydrogen (secondary N) is 1. The number of rotatable bonds is 5. The van der Waals surface area contributed by atoms with E-state index < -0.39 is 0 Å². The Morgan fingerprint density at radius 3 is 2.76 bits per heavy atom. The van der Waals surface area contributed by atoms with E-state index in [1.807, 2.05) is 18.4 Å². The fourth-order valence-corrected chi connectivity index (χ4v) is 2.95. The first-order valence-corrected chi connectivity index (χ1v) is 7.65. The van der Waals surface area contributed by atoms with Gasteiger partial charge in [0.2, 0.25) is 0 Å². The van der Waals surface area contributed by atoms with E-state index in [1.54, 1.807) is 0 Å². The fraction of sp³-hybridized carbons (Fsp3) is 0.529. The number of nitrogens with zero attached hydrogens (tertiary/aromatic N) is 1. The van der Waals surface area contributed by atoms with Crippen molar-refractivity contribution in [3.05, 3.63) is 36.1 Å². The average Bonchev–Trinajstić information content (AvgIpc) is 2.92. The molecule has 0 atom stereocenters. The summed E-state index contributed by atoms with van der Waals surface area (Å²) in [4.78, 5) is 2.50. The first kappa shape index (κ1) is 14.6. The summed E-state index contributed by atoms with van der Waals surface area (Å²) in [6.07, 6.45) is 1.86. The molecule has 3 rings (SSSR count). The summed E-state index contributed by atoms with van der Waals surface area (Å²) in [5.41, 5.74) is 2.33. The van der Waals surface area contributed by atoms with Gasteiger partial charge < -0.3 is 14.5 Å². The Kier molecular flexibility index (Phi) is 4.29. The highest BCUT2D eigenvalue weighted by molar-refractivity contribution is 5.80. The van der Waals surface area contributed by atoms with Crippen LogP contribution in [0.2, 0.25) is 0 Å². The summed E-state index contributed by atoms with van der Waals surface area (Å²) in [6.45, 7) is 10.1. The third-order valence-corrected chi connectivity index (χ3v) is 4.30. The lowest BCUT2D eigenvalue weighted by Crippen LogP contribution is -2.54. The van der Waals surface area contributed by atoms with Gasteiger partial charge in [-0.2, -0.15) is 0 Å². The highest BCUT2D eigenvalue weighted by Gasteiger charge is 2.27. The van der Waals surface area contributed by atoms with Gasteiger partial charge in [-0.3, -0.25) is 4.90 Å². The van der Waals surface area contributed by atoms with Crippen LogP contribution in [-0.4, -0.2) is 43.3 Å². The molecule has 114 valence electrons. The van der Waals surface area contributed by atoms with Crippen LogP contribution in [0.15, 0.2) is 34.9 Å². The molecule has 0 aliphatic carbocycles. The first-order valence-electron chi connectivity index (χ1n) is 7.65. The Balaban J connectivity index is 1.57. The number of benzene rings is 1. The lowest BCUT2D eigenvalue weighted by molar-refractivity contribution is -0.00966. The van der Waals surface area contributed by atoms with E-state index in [9.17, 15) is 0 Å². The van der Waals surface area contributed by atoms with Crippen LogP contribution >= 0.6 is 0 Å². The Morgan fingerprint density at radius 1 is 1.19 bits per heavy atom. The molecule has 21 heavy (non-hydrogen) atoms. The normalized spacial score (nSPS) is 17.4. The van der Waals surface area contributed by atoms with Crippen LogP contribution in [0.4, 0.5) is 0 Å². The molecule has 1 aromatic carbocycles. The number of ether oxygens (including phenoxy) is 1. The predicted molar refractivity (Wildman–Crippen MR) is 84.4 cm³/mol. The summed E-state index contributed by atoms with van der Waals surface area (Å²) in [5, 5.41) is 4.78. The number of fused-ring (bicyclic) bond motifs is 1. The maximum absolute atomic E-state index is 5.58. The van der Waals surface area contributed by atoms with E-state index in [0.717, 1.165) is 45.0 Å². The van der Waals surface area contributed by atoms with E-state index in [4.69, 9.17) is 9.15 Å². The molecule has 4 nitrogen and oxygen atoms in total. The Bertz CT molecular complexity index is 585. The van der Waals surface area contributed by atoms with E-state index in [-0.39, 0.29) is 5.54 Å². The van der Waals surface area contributed by atoms with Crippen molar-refractivity contribution >= 4 is 11.0 Å². The molecular weight excluding hydrogens is 264 g/mol. The van der Waals surface area contributed by atoms with Gasteiger partial charge in [-0.1, -0.05) is 18.2 Å². The minimum absolute atomic E-state index is 0.142. The fourth-order valence-electron chi connectivity index (χ4n) is 2.95. The molecule has 0 amide bonds. The summed E-state index contributed by atoms with van der Waals surface area (Å²) < 4.78 is 11.0. The zero-order valence-electron chi connectivity index (χ0n) is 12.9. The second-order valence-electron chi connectivity index (χ2n) is 6.27. The van der Waals surface area contributed by atoms with Crippen molar-refractivity contribution in [2.75, 3.05) is 32.8 Å². The SMILES string of the molecule is CC(C)(CNCc1coc2ccccc12)N1CCOCC1. The van der Waals surface area contributed by atoms with Gasteiger partial charge in [-0.15, -0.1) is 0 Å². The minimum Gasteiger partial charge on any atom is -0.464 e. The summed E-state index contributed by atoms with van der Waals surface area (Å²) in [5.74, 6) is 0. The van der Waals surface area contributed by atoms with Crippen molar-refractivity contribution in [3.63, 3.8) is 0 Å². The number of para-hydroxylation sites is 1. The number of hydrogen-bond donors (Lipinski definition) is 1. The Morgan fingerprint density at radius 2 is 1.95 bits per heavy atom. The molecule has 4 heteroatoms. The quantitative estimate of drug-likeness (QED) is 0.918. The molecule has 0 unspecified atom stereocenters. The largest absolute Gasteiger partial charge is 0.464 e. The lowest BCUT2D eigenvalue weighted by atomic mass is 10.0. The summed E-state index contributed by atoms with van der Waals surface area (Å²) in [6, 6.07) is 8.18. The van der Waals surface area contributed by atoms with Gasteiger partial charge in [0.1, 0.15) is 5.58 Å². The van der Waals surface area contributed by atoms with Crippen molar-refractivity contribution in [1.82, 2.24) is 10.2 Å². The van der Waals surface area contributed by atoms with Gasteiger partial charge in [0, 0.05) is 42.7 Å². The van der Waals surface area contributed by atoms with Crippen LogP contribution in [0.1, 0.15) is 19.4 Å². The maximum atomic E-state index is 5.58. The lowest BCUT2D eigenvalue weighted by Gasteiger charge is -2.41. The zero-order chi connectivity index (χ0) is 14.7. The predicted octanol–water partition coefficient (Wildman–Crippen LogP) is 2.63. The highest BCUT2D eigenvalue weighted by atomic mass is 16.5. The van der Waals surface area contributed by atoms with Crippen LogP contribution in [-0.2, 0) is 11.3 Å². The van der Waals surface area contributed by atoms with Crippen molar-refractivity contribution in [2.45, 2.75) is 25.9 Å². The molecular formula is C17H24N2O2. The van der Waals surface area contributed by atoms with E-state index in [0.29, 0.717) is 0 Å². The van der Waals surface area contributed by atoms with Gasteiger partial charge in [0.05, 0.1) is 19.5 Å². The smallest absolute Gasteiger partial charge is 0.134 e. The highest BCUT2D eigenvalue weighted by Crippen LogP contribution is 2.21. The van der Waals surface area contributed by atoms with E-state index in [2.05, 4.69) is 36.2 Å². The molecule has 0 saturated carbocycles. The van der Waals surface area contributed by atoms with Crippen molar-refractivity contribution in [2.24, 2.45) is 0 Å². The molecule has 2 aromatic rings. The molecule has 0 radical (unpaired) electrons. The molecule has 0 bridgehead atoms. The van der Waals surface area contributed by atoms with E-state index >= 15 is 0 Å². The third-order valence-electron chi connectivity index (χ3n) is 4.30. The summed E-state index contributed by atoms with van der Waals surface area (Å²) in [7, 11) is 0. The molecule has 1 aliphatic rings. The van der Waals surface area contributed by atoms with Crippen molar-refractivity contribution < 1.29 is 9.15 Å². The summed E-state index contributed by atoms with van der Waals surface area (Å²) >= 11 is 0. The van der Waals surface area contributed by atoms with Crippen LogP contribution in [0.3, 0.4) is 0 Å². The minimum atomic E-state index is 0.142. The molecule has 0 spiro atoms. The van der Waals surface area contributed by atoms with Crippen molar-refractivity contribution in [1.29, 1.82) is 0 Å². The van der Waals surface area contributed by atoms with Gasteiger partial charge >= 0.3 is 0 Å². The topological polar surface area (TPSA) is 37.6 Å². The second-order valence-corrected chi connectivity index (χ2v) is 6.27. The van der Waals surface area contributed by atoms with Crippen molar-refractivity contribution in [3.8, 4) is 0 Å². The maximum Gasteiger partial charge on any atom is 0.134 e. The Labute approximate surface area is 126 Å². The standard InChI is InChI=1S/C17H24N2O2/c1-17(2,19-7-9-20-10-8-19)13-18-11-14-12-21-16-6-4-3-5-15(14)16/h3-6,12,18H,7-11,13H2,1-2H3. The zero-order valence-corrected chi connectivity index (χ0v) is 12.9. The van der Waals surface area contributed by atoms with Crippen LogP contribution in [0.5, 0.6) is 0 Å². The molecule has 1 aromatic heterocycles. The second kappa shape index (κ2) is 6.18. The molecule has 1 N–H and O–H groups in total. The molecule has 1 aliphatic heterocycles. The van der Waals surface area contributed by atoms with Gasteiger partial charge in [-0.25, -0.2) is 0 Å².